The van der Waals surface area contributed by atoms with Crippen LogP contribution in [0, 0.1) is 6.07 Å². The molecule has 2 aromatic rings. The van der Waals surface area contributed by atoms with Crippen LogP contribution in [0.1, 0.15) is 0 Å². The standard InChI is InChI=1S/C13H11O.Li/c1-14-13-9-7-12(8-10-13)11-5-3-2-4-6-11;/h3-10H,1H3;/q-1;+1. The maximum atomic E-state index is 5.10. The summed E-state index contributed by atoms with van der Waals surface area (Å²) in [6.45, 7) is 0. The minimum absolute atomic E-state index is 0. The average molecular weight is 190 g/mol. The Morgan fingerprint density at radius 2 is 1.40 bits per heavy atom. The molecular weight excluding hydrogens is 179 g/mol. The monoisotopic (exact) mass is 190 g/mol. The van der Waals surface area contributed by atoms with E-state index < -0.39 is 0 Å². The molecule has 0 aliphatic carbocycles. The van der Waals surface area contributed by atoms with Gasteiger partial charge in [0.25, 0.3) is 0 Å². The van der Waals surface area contributed by atoms with E-state index in [-0.39, 0.29) is 18.9 Å². The van der Waals surface area contributed by atoms with Crippen LogP contribution in [0.15, 0.2) is 48.5 Å². The number of rotatable bonds is 2. The summed E-state index contributed by atoms with van der Waals surface area (Å²) in [5.74, 6) is 0.885. The molecule has 1 nitrogen and oxygen atoms in total. The summed E-state index contributed by atoms with van der Waals surface area (Å²) >= 11 is 0. The molecule has 0 amide bonds. The molecule has 0 aromatic heterocycles. The molecule has 2 rings (SSSR count). The third-order valence-electron chi connectivity index (χ3n) is 2.14. The smallest absolute Gasteiger partial charge is 0.497 e. The Kier molecular flexibility index (Phi) is 4.49. The summed E-state index contributed by atoms with van der Waals surface area (Å²) < 4.78 is 5.10. The second-order valence-electron chi connectivity index (χ2n) is 3.02. The SMILES string of the molecule is COc1ccc(-c2cc[c-]cc2)cc1.[Li+]. The van der Waals surface area contributed by atoms with Crippen LogP contribution in [0.5, 0.6) is 5.75 Å². The minimum atomic E-state index is 0. The summed E-state index contributed by atoms with van der Waals surface area (Å²) in [7, 11) is 1.67. The third kappa shape index (κ3) is 2.89. The molecule has 0 unspecified atom stereocenters. The first-order chi connectivity index (χ1) is 6.90. The number of methoxy groups -OCH3 is 1. The van der Waals surface area contributed by atoms with Crippen molar-refractivity contribution in [2.24, 2.45) is 0 Å². The fraction of sp³-hybridized carbons (Fsp3) is 0.0769. The van der Waals surface area contributed by atoms with Crippen LogP contribution in [0.4, 0.5) is 0 Å². The van der Waals surface area contributed by atoms with Crippen LogP contribution < -0.4 is 23.6 Å². The number of benzene rings is 2. The van der Waals surface area contributed by atoms with Gasteiger partial charge in [-0.15, -0.1) is 5.56 Å². The Balaban J connectivity index is 0.00000112. The minimum Gasteiger partial charge on any atom is -0.497 e. The molecule has 15 heavy (non-hydrogen) atoms. The van der Waals surface area contributed by atoms with E-state index >= 15 is 0 Å². The molecule has 0 heterocycles. The molecular formula is C13H11LiO. The van der Waals surface area contributed by atoms with Crippen molar-refractivity contribution in [2.75, 3.05) is 7.11 Å². The van der Waals surface area contributed by atoms with Gasteiger partial charge in [-0.2, -0.15) is 30.3 Å². The zero-order valence-electron chi connectivity index (χ0n) is 9.03. The molecule has 0 aliphatic rings. The number of ether oxygens (including phenoxy) is 1. The van der Waals surface area contributed by atoms with Crippen molar-refractivity contribution >= 4 is 0 Å². The largest absolute Gasteiger partial charge is 1.00 e. The van der Waals surface area contributed by atoms with Gasteiger partial charge in [0.15, 0.2) is 0 Å². The molecule has 0 fully saturated rings. The van der Waals surface area contributed by atoms with E-state index in [1.54, 1.807) is 7.11 Å². The molecule has 0 radical (unpaired) electrons. The zero-order valence-corrected chi connectivity index (χ0v) is 9.03. The van der Waals surface area contributed by atoms with Crippen molar-refractivity contribution in [2.45, 2.75) is 0 Å². The van der Waals surface area contributed by atoms with Gasteiger partial charge in [0.1, 0.15) is 5.75 Å². The maximum Gasteiger partial charge on any atom is 1.00 e. The molecule has 0 N–H and O–H groups in total. The van der Waals surface area contributed by atoms with Crippen molar-refractivity contribution in [3.63, 3.8) is 0 Å². The first-order valence-corrected chi connectivity index (χ1v) is 4.51. The van der Waals surface area contributed by atoms with Gasteiger partial charge in [-0.1, -0.05) is 12.1 Å². The Hall–Kier alpha value is -1.16. The topological polar surface area (TPSA) is 9.23 Å². The van der Waals surface area contributed by atoms with Gasteiger partial charge >= 0.3 is 18.9 Å². The summed E-state index contributed by atoms with van der Waals surface area (Å²) in [5, 5.41) is 0. The summed E-state index contributed by atoms with van der Waals surface area (Å²) in [5.41, 5.74) is 2.39. The van der Waals surface area contributed by atoms with Crippen molar-refractivity contribution in [1.82, 2.24) is 0 Å². The first-order valence-electron chi connectivity index (χ1n) is 4.51. The number of hydrogen-bond acceptors (Lipinski definition) is 1. The van der Waals surface area contributed by atoms with Crippen LogP contribution in [-0.4, -0.2) is 7.11 Å². The van der Waals surface area contributed by atoms with Crippen molar-refractivity contribution in [1.29, 1.82) is 0 Å². The van der Waals surface area contributed by atoms with Crippen LogP contribution >= 0.6 is 0 Å². The molecule has 0 bridgehead atoms. The average Bonchev–Trinajstić information content (AvgIpc) is 2.30. The van der Waals surface area contributed by atoms with Gasteiger partial charge in [-0.25, -0.2) is 0 Å². The fourth-order valence-corrected chi connectivity index (χ4v) is 1.36. The van der Waals surface area contributed by atoms with Gasteiger partial charge in [-0.3, -0.25) is 0 Å². The first kappa shape index (κ1) is 11.9. The summed E-state index contributed by atoms with van der Waals surface area (Å²) in [6.07, 6.45) is 0. The van der Waals surface area contributed by atoms with E-state index in [0.29, 0.717) is 0 Å². The molecule has 0 saturated heterocycles. The molecule has 0 spiro atoms. The molecule has 0 atom stereocenters. The molecule has 2 aromatic carbocycles. The van der Waals surface area contributed by atoms with Gasteiger partial charge in [0, 0.05) is 0 Å². The van der Waals surface area contributed by atoms with Crippen molar-refractivity contribution in [3.8, 4) is 16.9 Å². The van der Waals surface area contributed by atoms with Crippen molar-refractivity contribution in [3.05, 3.63) is 54.6 Å². The van der Waals surface area contributed by atoms with E-state index in [1.807, 2.05) is 48.5 Å². The van der Waals surface area contributed by atoms with Crippen molar-refractivity contribution < 1.29 is 23.6 Å². The van der Waals surface area contributed by atoms with E-state index in [1.165, 1.54) is 11.1 Å². The quantitative estimate of drug-likeness (QED) is 0.484. The maximum absolute atomic E-state index is 5.10. The van der Waals surface area contributed by atoms with Crippen LogP contribution in [0.25, 0.3) is 11.1 Å². The predicted molar refractivity (Wildman–Crippen MR) is 57.3 cm³/mol. The van der Waals surface area contributed by atoms with Gasteiger partial charge in [-0.05, 0) is 17.7 Å². The molecule has 0 saturated carbocycles. The van der Waals surface area contributed by atoms with Crippen LogP contribution in [-0.2, 0) is 0 Å². The molecule has 2 heteroatoms. The van der Waals surface area contributed by atoms with E-state index in [2.05, 4.69) is 6.07 Å². The summed E-state index contributed by atoms with van der Waals surface area (Å²) in [4.78, 5) is 0. The molecule has 70 valence electrons. The zero-order chi connectivity index (χ0) is 9.80. The van der Waals surface area contributed by atoms with Gasteiger partial charge < -0.3 is 4.74 Å². The fourth-order valence-electron chi connectivity index (χ4n) is 1.36. The number of hydrogen-bond donors (Lipinski definition) is 0. The molecule has 0 aliphatic heterocycles. The second-order valence-corrected chi connectivity index (χ2v) is 3.02. The van der Waals surface area contributed by atoms with E-state index in [0.717, 1.165) is 5.75 Å². The Morgan fingerprint density at radius 3 is 1.93 bits per heavy atom. The Bertz CT molecular complexity index is 395. The van der Waals surface area contributed by atoms with Crippen LogP contribution in [0.2, 0.25) is 0 Å². The predicted octanol–water partition coefficient (Wildman–Crippen LogP) is 0.166. The van der Waals surface area contributed by atoms with E-state index in [9.17, 15) is 0 Å². The Labute approximate surface area is 102 Å². The third-order valence-corrected chi connectivity index (χ3v) is 2.14. The van der Waals surface area contributed by atoms with Crippen LogP contribution in [0.3, 0.4) is 0 Å². The van der Waals surface area contributed by atoms with E-state index in [4.69, 9.17) is 4.74 Å². The normalized spacial score (nSPS) is 9.13. The Morgan fingerprint density at radius 1 is 0.867 bits per heavy atom. The summed E-state index contributed by atoms with van der Waals surface area (Å²) in [6, 6.07) is 18.9. The van der Waals surface area contributed by atoms with Gasteiger partial charge in [0.2, 0.25) is 0 Å². The van der Waals surface area contributed by atoms with Gasteiger partial charge in [0.05, 0.1) is 7.11 Å². The second kappa shape index (κ2) is 5.65.